The lowest BCUT2D eigenvalue weighted by Gasteiger charge is -2.38. The van der Waals surface area contributed by atoms with E-state index in [4.69, 9.17) is 0 Å². The van der Waals surface area contributed by atoms with Gasteiger partial charge in [-0.1, -0.05) is 26.0 Å². The maximum Gasteiger partial charge on any atom is 0.275 e. The highest BCUT2D eigenvalue weighted by Gasteiger charge is 2.37. The van der Waals surface area contributed by atoms with Crippen molar-refractivity contribution in [3.8, 4) is 0 Å². The molecule has 3 aliphatic rings. The summed E-state index contributed by atoms with van der Waals surface area (Å²) in [5, 5.41) is 2.84. The SMILES string of the molecule is CC1N=C2C(=NC3=CC(C)C(C)C=C3N2CCN(C)C)C(=O)N1. The van der Waals surface area contributed by atoms with Crippen LogP contribution in [0.25, 0.3) is 0 Å². The maximum atomic E-state index is 12.3. The zero-order chi connectivity index (χ0) is 16.7. The Bertz CT molecular complexity index is 643. The van der Waals surface area contributed by atoms with E-state index in [0.717, 1.165) is 24.5 Å². The molecule has 2 heterocycles. The lowest BCUT2D eigenvalue weighted by molar-refractivity contribution is -0.115. The third-order valence-corrected chi connectivity index (χ3v) is 4.57. The quantitative estimate of drug-likeness (QED) is 0.852. The van der Waals surface area contributed by atoms with Gasteiger partial charge in [0.2, 0.25) is 0 Å². The fraction of sp³-hybridized carbons (Fsp3) is 0.588. The van der Waals surface area contributed by atoms with Crippen LogP contribution in [0.5, 0.6) is 0 Å². The van der Waals surface area contributed by atoms with E-state index >= 15 is 0 Å². The minimum atomic E-state index is -0.218. The van der Waals surface area contributed by atoms with Gasteiger partial charge in [-0.2, -0.15) is 0 Å². The lowest BCUT2D eigenvalue weighted by Crippen LogP contribution is -2.54. The number of rotatable bonds is 3. The standard InChI is InChI=1S/C17H25N5O/c1-10-8-13-14(9-11(10)2)22(7-6-21(4)5)16-15(20-13)17(23)19-12(3)18-16/h8-12H,6-7H2,1-5H3,(H,19,23). The van der Waals surface area contributed by atoms with Crippen molar-refractivity contribution in [2.75, 3.05) is 27.2 Å². The van der Waals surface area contributed by atoms with Crippen LogP contribution in [0.1, 0.15) is 20.8 Å². The predicted octanol–water partition coefficient (Wildman–Crippen LogP) is 1.23. The molecule has 3 unspecified atom stereocenters. The van der Waals surface area contributed by atoms with Crippen molar-refractivity contribution in [2.24, 2.45) is 21.8 Å². The van der Waals surface area contributed by atoms with Crippen molar-refractivity contribution in [1.82, 2.24) is 15.1 Å². The van der Waals surface area contributed by atoms with Crippen LogP contribution in [0.3, 0.4) is 0 Å². The van der Waals surface area contributed by atoms with E-state index in [1.165, 1.54) is 0 Å². The minimum absolute atomic E-state index is 0.136. The summed E-state index contributed by atoms with van der Waals surface area (Å²) in [4.78, 5) is 25.9. The number of hydrogen-bond acceptors (Lipinski definition) is 5. The highest BCUT2D eigenvalue weighted by molar-refractivity contribution is 6.67. The van der Waals surface area contributed by atoms with Crippen molar-refractivity contribution in [3.05, 3.63) is 23.5 Å². The second-order valence-electron chi connectivity index (χ2n) is 6.84. The van der Waals surface area contributed by atoms with Gasteiger partial charge >= 0.3 is 0 Å². The minimum Gasteiger partial charge on any atom is -0.329 e. The van der Waals surface area contributed by atoms with Gasteiger partial charge < -0.3 is 15.1 Å². The van der Waals surface area contributed by atoms with E-state index in [1.54, 1.807) is 0 Å². The summed E-state index contributed by atoms with van der Waals surface area (Å²) in [5.41, 5.74) is 2.42. The first kappa shape index (κ1) is 15.9. The number of amides is 1. The lowest BCUT2D eigenvalue weighted by atomic mass is 9.88. The molecule has 1 N–H and O–H groups in total. The first-order valence-corrected chi connectivity index (χ1v) is 8.21. The van der Waals surface area contributed by atoms with Gasteiger partial charge in [-0.05, 0) is 32.9 Å². The van der Waals surface area contributed by atoms with E-state index in [9.17, 15) is 4.79 Å². The van der Waals surface area contributed by atoms with Crippen LogP contribution >= 0.6 is 0 Å². The molecule has 6 heteroatoms. The normalized spacial score (nSPS) is 29.9. The number of aliphatic imine (C=N–C) groups is 2. The smallest absolute Gasteiger partial charge is 0.275 e. The predicted molar refractivity (Wildman–Crippen MR) is 92.2 cm³/mol. The molecule has 0 aromatic heterocycles. The monoisotopic (exact) mass is 315 g/mol. The van der Waals surface area contributed by atoms with Crippen molar-refractivity contribution in [2.45, 2.75) is 26.9 Å². The van der Waals surface area contributed by atoms with Gasteiger partial charge in [-0.3, -0.25) is 4.79 Å². The number of carbonyl (C=O) groups is 1. The molecule has 0 aromatic rings. The largest absolute Gasteiger partial charge is 0.329 e. The Balaban J connectivity index is 2.07. The molecule has 0 aromatic carbocycles. The molecular weight excluding hydrogens is 290 g/mol. The van der Waals surface area contributed by atoms with Gasteiger partial charge in [-0.25, -0.2) is 9.98 Å². The highest BCUT2D eigenvalue weighted by Crippen LogP contribution is 2.33. The zero-order valence-corrected chi connectivity index (χ0v) is 14.5. The van der Waals surface area contributed by atoms with E-state index in [2.05, 4.69) is 51.1 Å². The van der Waals surface area contributed by atoms with Gasteiger partial charge in [-0.15, -0.1) is 0 Å². The van der Waals surface area contributed by atoms with Gasteiger partial charge in [0.05, 0.1) is 11.4 Å². The van der Waals surface area contributed by atoms with Crippen LogP contribution < -0.4 is 5.32 Å². The van der Waals surface area contributed by atoms with Gasteiger partial charge in [0.15, 0.2) is 11.5 Å². The second-order valence-corrected chi connectivity index (χ2v) is 6.84. The summed E-state index contributed by atoms with van der Waals surface area (Å²) in [7, 11) is 4.10. The summed E-state index contributed by atoms with van der Waals surface area (Å²) in [5.74, 6) is 1.43. The number of nitrogens with zero attached hydrogens (tertiary/aromatic N) is 4. The van der Waals surface area contributed by atoms with Crippen LogP contribution in [0.2, 0.25) is 0 Å². The molecule has 1 amide bonds. The molecule has 2 aliphatic heterocycles. The van der Waals surface area contributed by atoms with Gasteiger partial charge in [0, 0.05) is 13.1 Å². The van der Waals surface area contributed by atoms with Crippen molar-refractivity contribution in [1.29, 1.82) is 0 Å². The summed E-state index contributed by atoms with van der Waals surface area (Å²) in [6.07, 6.45) is 4.21. The fourth-order valence-corrected chi connectivity index (χ4v) is 2.99. The Morgan fingerprint density at radius 3 is 2.61 bits per heavy atom. The average molecular weight is 315 g/mol. The molecule has 1 aliphatic carbocycles. The Kier molecular flexibility index (Phi) is 4.10. The summed E-state index contributed by atoms with van der Waals surface area (Å²) in [6.45, 7) is 7.96. The summed E-state index contributed by atoms with van der Waals surface area (Å²) >= 11 is 0. The molecule has 6 nitrogen and oxygen atoms in total. The van der Waals surface area contributed by atoms with Crippen molar-refractivity contribution < 1.29 is 4.79 Å². The molecule has 3 atom stereocenters. The number of fused-ring (bicyclic) bond motifs is 2. The fourth-order valence-electron chi connectivity index (χ4n) is 2.99. The first-order chi connectivity index (χ1) is 10.9. The molecule has 23 heavy (non-hydrogen) atoms. The molecule has 3 rings (SSSR count). The average Bonchev–Trinajstić information content (AvgIpc) is 2.46. The molecular formula is C17H25N5O. The number of carbonyl (C=O) groups excluding carboxylic acids is 1. The van der Waals surface area contributed by atoms with E-state index in [0.29, 0.717) is 23.4 Å². The molecule has 0 bridgehead atoms. The summed E-state index contributed by atoms with van der Waals surface area (Å²) < 4.78 is 0. The van der Waals surface area contributed by atoms with Crippen molar-refractivity contribution >= 4 is 17.5 Å². The topological polar surface area (TPSA) is 60.3 Å². The number of amidine groups is 1. The zero-order valence-electron chi connectivity index (χ0n) is 14.5. The van der Waals surface area contributed by atoms with Crippen LogP contribution in [0.4, 0.5) is 0 Å². The molecule has 0 spiro atoms. The van der Waals surface area contributed by atoms with Crippen molar-refractivity contribution in [3.63, 3.8) is 0 Å². The number of hydrogen-bond donors (Lipinski definition) is 1. The third-order valence-electron chi connectivity index (χ3n) is 4.57. The van der Waals surface area contributed by atoms with Gasteiger partial charge in [0.1, 0.15) is 6.17 Å². The molecule has 0 saturated heterocycles. The molecule has 0 radical (unpaired) electrons. The van der Waals surface area contributed by atoms with E-state index < -0.39 is 0 Å². The van der Waals surface area contributed by atoms with Gasteiger partial charge in [0.25, 0.3) is 5.91 Å². The van der Waals surface area contributed by atoms with E-state index in [-0.39, 0.29) is 12.1 Å². The summed E-state index contributed by atoms with van der Waals surface area (Å²) in [6, 6.07) is 0. The number of likely N-dealkylation sites (N-methyl/N-ethyl adjacent to an activating group) is 1. The Morgan fingerprint density at radius 2 is 1.91 bits per heavy atom. The molecule has 0 saturated carbocycles. The third kappa shape index (κ3) is 2.95. The first-order valence-electron chi connectivity index (χ1n) is 8.21. The highest BCUT2D eigenvalue weighted by atomic mass is 16.2. The Labute approximate surface area is 137 Å². The Hall–Kier alpha value is -1.95. The number of nitrogens with one attached hydrogen (secondary N) is 1. The molecule has 124 valence electrons. The van der Waals surface area contributed by atoms with Crippen LogP contribution in [0.15, 0.2) is 33.5 Å². The maximum absolute atomic E-state index is 12.3. The van der Waals surface area contributed by atoms with Crippen LogP contribution in [-0.4, -0.2) is 60.6 Å². The van der Waals surface area contributed by atoms with Crippen LogP contribution in [0, 0.1) is 11.8 Å². The van der Waals surface area contributed by atoms with Crippen LogP contribution in [-0.2, 0) is 4.79 Å². The second kappa shape index (κ2) is 5.92. The number of allylic oxidation sites excluding steroid dienone is 2. The van der Waals surface area contributed by atoms with E-state index in [1.807, 2.05) is 21.0 Å². The Morgan fingerprint density at radius 1 is 1.22 bits per heavy atom. The molecule has 0 fully saturated rings.